The average Bonchev–Trinajstić information content (AvgIpc) is 3.27. The second-order valence-corrected chi connectivity index (χ2v) is 11.9. The third-order valence-electron chi connectivity index (χ3n) is 7.93. The Morgan fingerprint density at radius 2 is 1.60 bits per heavy atom. The van der Waals surface area contributed by atoms with Gasteiger partial charge in [-0.3, -0.25) is 9.59 Å². The van der Waals surface area contributed by atoms with Crippen molar-refractivity contribution in [1.29, 1.82) is 0 Å². The van der Waals surface area contributed by atoms with E-state index in [0.717, 1.165) is 38.4 Å². The Balaban J connectivity index is 1.21. The zero-order valence-electron chi connectivity index (χ0n) is 23.9. The molecule has 3 N–H and O–H groups in total. The number of hydrogen-bond donors (Lipinski definition) is 2. The van der Waals surface area contributed by atoms with Crippen LogP contribution in [-0.2, 0) is 16.1 Å². The second kappa shape index (κ2) is 11.9. The van der Waals surface area contributed by atoms with Gasteiger partial charge in [0.2, 0.25) is 5.91 Å². The number of thioether (sulfide) groups is 1. The van der Waals surface area contributed by atoms with Crippen molar-refractivity contribution in [2.75, 3.05) is 36.3 Å². The average molecular weight is 593 g/mol. The molecule has 1 aliphatic heterocycles. The molecule has 43 heavy (non-hydrogen) atoms. The van der Waals surface area contributed by atoms with Gasteiger partial charge in [-0.15, -0.1) is 11.8 Å². The highest BCUT2D eigenvalue weighted by Crippen LogP contribution is 2.44. The number of benzene rings is 4. The molecule has 1 heterocycles. The third kappa shape index (κ3) is 5.68. The number of alkyl carbamates (subject to hydrolysis) is 1. The first-order valence-corrected chi connectivity index (χ1v) is 15.0. The molecule has 0 bridgehead atoms. The molecule has 0 saturated heterocycles. The van der Waals surface area contributed by atoms with Gasteiger partial charge < -0.3 is 25.6 Å². The van der Waals surface area contributed by atoms with Gasteiger partial charge in [0.1, 0.15) is 12.6 Å². The van der Waals surface area contributed by atoms with E-state index in [0.29, 0.717) is 17.0 Å². The van der Waals surface area contributed by atoms with Crippen molar-refractivity contribution in [1.82, 2.24) is 5.32 Å². The molecule has 0 unspecified atom stereocenters. The lowest BCUT2D eigenvalue weighted by molar-refractivity contribution is -0.120. The minimum Gasteiger partial charge on any atom is -0.449 e. The number of rotatable bonds is 7. The second-order valence-electron chi connectivity index (χ2n) is 10.9. The summed E-state index contributed by atoms with van der Waals surface area (Å²) in [4.78, 5) is 43.6. The maximum Gasteiger partial charge on any atom is 0.407 e. The van der Waals surface area contributed by atoms with E-state index in [4.69, 9.17) is 10.5 Å². The summed E-state index contributed by atoms with van der Waals surface area (Å²) in [7, 11) is 3.93. The Labute approximate surface area is 254 Å². The number of anilines is 2. The van der Waals surface area contributed by atoms with Gasteiger partial charge in [-0.2, -0.15) is 0 Å². The van der Waals surface area contributed by atoms with E-state index in [9.17, 15) is 14.4 Å². The summed E-state index contributed by atoms with van der Waals surface area (Å²) in [5.74, 6) is -0.649. The van der Waals surface area contributed by atoms with E-state index >= 15 is 0 Å². The molecule has 4 aromatic rings. The summed E-state index contributed by atoms with van der Waals surface area (Å²) >= 11 is 1.44. The van der Waals surface area contributed by atoms with Crippen LogP contribution in [-0.4, -0.2) is 50.4 Å². The van der Waals surface area contributed by atoms with Crippen LogP contribution >= 0.6 is 11.8 Å². The SMILES string of the molecule is CN(C)c1ccc(CN2C(=O)[C@@H](NC(=O)OCC3c4ccccc4-c4ccccc43)CSc3ccc(C(N)=O)cc32)cc1. The summed E-state index contributed by atoms with van der Waals surface area (Å²) in [6.45, 7) is 0.406. The number of nitrogens with one attached hydrogen (secondary N) is 1. The van der Waals surface area contributed by atoms with E-state index < -0.39 is 18.0 Å². The quantitative estimate of drug-likeness (QED) is 0.298. The van der Waals surface area contributed by atoms with E-state index in [1.807, 2.05) is 67.5 Å². The first-order valence-electron chi connectivity index (χ1n) is 14.1. The van der Waals surface area contributed by atoms with Crippen molar-refractivity contribution in [3.8, 4) is 11.1 Å². The van der Waals surface area contributed by atoms with Crippen molar-refractivity contribution in [3.05, 3.63) is 113 Å². The van der Waals surface area contributed by atoms with Gasteiger partial charge in [-0.1, -0.05) is 60.7 Å². The zero-order chi connectivity index (χ0) is 30.1. The predicted octanol–water partition coefficient (Wildman–Crippen LogP) is 5.40. The van der Waals surface area contributed by atoms with E-state index in [1.54, 1.807) is 23.1 Å². The highest BCUT2D eigenvalue weighted by Gasteiger charge is 2.34. The first-order chi connectivity index (χ1) is 20.8. The van der Waals surface area contributed by atoms with E-state index in [1.165, 1.54) is 11.8 Å². The van der Waals surface area contributed by atoms with Crippen LogP contribution < -0.4 is 20.9 Å². The molecule has 0 fully saturated rings. The number of fused-ring (bicyclic) bond motifs is 4. The minimum atomic E-state index is -0.842. The molecule has 8 nitrogen and oxygen atoms in total. The molecule has 1 atom stereocenters. The fraction of sp³-hybridized carbons (Fsp3) is 0.206. The zero-order valence-corrected chi connectivity index (χ0v) is 24.8. The molecule has 4 aromatic carbocycles. The van der Waals surface area contributed by atoms with Crippen molar-refractivity contribution in [2.45, 2.75) is 23.4 Å². The molecule has 218 valence electrons. The first kappa shape index (κ1) is 28.4. The van der Waals surface area contributed by atoms with Gasteiger partial charge in [-0.25, -0.2) is 4.79 Å². The molecule has 0 aromatic heterocycles. The molecule has 6 rings (SSSR count). The van der Waals surface area contributed by atoms with E-state index in [2.05, 4.69) is 29.6 Å². The lowest BCUT2D eigenvalue weighted by Crippen LogP contribution is -2.49. The van der Waals surface area contributed by atoms with Crippen LogP contribution in [0.25, 0.3) is 11.1 Å². The van der Waals surface area contributed by atoms with Crippen molar-refractivity contribution in [2.24, 2.45) is 5.73 Å². The van der Waals surface area contributed by atoms with Crippen LogP contribution in [0.5, 0.6) is 0 Å². The molecule has 9 heteroatoms. The van der Waals surface area contributed by atoms with Crippen molar-refractivity contribution in [3.63, 3.8) is 0 Å². The van der Waals surface area contributed by atoms with Gasteiger partial charge in [0, 0.05) is 41.9 Å². The Bertz CT molecular complexity index is 1660. The number of amides is 3. The maximum absolute atomic E-state index is 14.0. The van der Waals surface area contributed by atoms with Gasteiger partial charge >= 0.3 is 6.09 Å². The fourth-order valence-electron chi connectivity index (χ4n) is 5.69. The van der Waals surface area contributed by atoms with Crippen LogP contribution in [0.1, 0.15) is 33.0 Å². The number of nitrogens with two attached hydrogens (primary N) is 1. The van der Waals surface area contributed by atoms with Gasteiger partial charge in [0.05, 0.1) is 12.2 Å². The Morgan fingerprint density at radius 3 is 2.23 bits per heavy atom. The largest absolute Gasteiger partial charge is 0.449 e. The normalized spacial score (nSPS) is 15.6. The highest BCUT2D eigenvalue weighted by atomic mass is 32.2. The lowest BCUT2D eigenvalue weighted by Gasteiger charge is -2.26. The molecule has 0 radical (unpaired) electrons. The number of hydrogen-bond acceptors (Lipinski definition) is 6. The molecule has 2 aliphatic rings. The Kier molecular flexibility index (Phi) is 7.82. The molecular weight excluding hydrogens is 560 g/mol. The molecule has 0 spiro atoms. The summed E-state index contributed by atoms with van der Waals surface area (Å²) < 4.78 is 5.75. The summed E-state index contributed by atoms with van der Waals surface area (Å²) in [5.41, 5.74) is 12.9. The molecule has 0 saturated carbocycles. The summed E-state index contributed by atoms with van der Waals surface area (Å²) in [6, 6.07) is 28.4. The topological polar surface area (TPSA) is 105 Å². The van der Waals surface area contributed by atoms with Crippen LogP contribution in [0.2, 0.25) is 0 Å². The monoisotopic (exact) mass is 592 g/mol. The van der Waals surface area contributed by atoms with Crippen LogP contribution in [0.15, 0.2) is 95.9 Å². The molecule has 1 aliphatic carbocycles. The van der Waals surface area contributed by atoms with Gasteiger partial charge in [0.15, 0.2) is 0 Å². The van der Waals surface area contributed by atoms with Crippen LogP contribution in [0.3, 0.4) is 0 Å². The third-order valence-corrected chi connectivity index (χ3v) is 9.09. The predicted molar refractivity (Wildman–Crippen MR) is 170 cm³/mol. The van der Waals surface area contributed by atoms with Crippen LogP contribution in [0, 0.1) is 0 Å². The standard InChI is InChI=1S/C34H32N4O4S/c1-37(2)23-14-11-21(12-15-23)18-38-30-17-22(32(35)39)13-16-31(30)43-20-29(33(38)40)36-34(41)42-19-28-26-9-5-3-7-24(26)25-8-4-6-10-27(25)28/h3-17,28-29H,18-20H2,1-2H3,(H2,35,39)(H,36,41)/t29-/m0/s1. The summed E-state index contributed by atoms with van der Waals surface area (Å²) in [5, 5.41) is 2.82. The van der Waals surface area contributed by atoms with E-state index in [-0.39, 0.29) is 25.0 Å². The van der Waals surface area contributed by atoms with Gasteiger partial charge in [0.25, 0.3) is 5.91 Å². The fourth-order valence-corrected chi connectivity index (χ4v) is 6.74. The van der Waals surface area contributed by atoms with Gasteiger partial charge in [-0.05, 0) is 58.1 Å². The number of carbonyl (C=O) groups is 3. The number of primary amides is 1. The maximum atomic E-state index is 14.0. The molecular formula is C34H32N4O4S. The van der Waals surface area contributed by atoms with Crippen LogP contribution in [0.4, 0.5) is 16.2 Å². The van der Waals surface area contributed by atoms with Crippen molar-refractivity contribution < 1.29 is 19.1 Å². The Hall–Kier alpha value is -4.76. The molecule has 3 amide bonds. The van der Waals surface area contributed by atoms with Crippen molar-refractivity contribution >= 4 is 41.0 Å². The summed E-state index contributed by atoms with van der Waals surface area (Å²) in [6.07, 6.45) is -0.653. The number of carbonyl (C=O) groups excluding carboxylic acids is 3. The Morgan fingerprint density at radius 1 is 0.953 bits per heavy atom. The smallest absolute Gasteiger partial charge is 0.407 e. The number of ether oxygens (including phenoxy) is 1. The highest BCUT2D eigenvalue weighted by molar-refractivity contribution is 7.99. The number of nitrogens with zero attached hydrogens (tertiary/aromatic N) is 2. The lowest BCUT2D eigenvalue weighted by atomic mass is 9.98. The minimum absolute atomic E-state index is 0.0875.